The van der Waals surface area contributed by atoms with Gasteiger partial charge in [0.25, 0.3) is 0 Å². The zero-order valence-corrected chi connectivity index (χ0v) is 14.5. The van der Waals surface area contributed by atoms with Gasteiger partial charge in [-0.1, -0.05) is 12.1 Å². The maximum absolute atomic E-state index is 12.1. The maximum Gasteiger partial charge on any atom is 0.238 e. The monoisotopic (exact) mass is 424 g/mol. The van der Waals surface area contributed by atoms with Crippen LogP contribution in [0.4, 0.5) is 11.4 Å². The molecule has 0 spiro atoms. The van der Waals surface area contributed by atoms with Gasteiger partial charge in [-0.2, -0.15) is 0 Å². The molecule has 2 aromatic carbocycles. The Morgan fingerprint density at radius 3 is 2.68 bits per heavy atom. The second kappa shape index (κ2) is 6.70. The highest BCUT2D eigenvalue weighted by Gasteiger charge is 2.28. The van der Waals surface area contributed by atoms with E-state index in [2.05, 4.69) is 33.2 Å². The van der Waals surface area contributed by atoms with Gasteiger partial charge in [-0.25, -0.2) is 0 Å². The van der Waals surface area contributed by atoms with E-state index in [-0.39, 0.29) is 18.2 Å². The van der Waals surface area contributed by atoms with Gasteiger partial charge in [0.15, 0.2) is 0 Å². The van der Waals surface area contributed by atoms with Crippen molar-refractivity contribution >= 4 is 57.5 Å². The van der Waals surface area contributed by atoms with Crippen molar-refractivity contribution in [3.8, 4) is 0 Å². The zero-order chi connectivity index (χ0) is 15.5. The molecule has 112 valence electrons. The van der Waals surface area contributed by atoms with Gasteiger partial charge in [-0.15, -0.1) is 11.8 Å². The van der Waals surface area contributed by atoms with Gasteiger partial charge in [0.2, 0.25) is 11.8 Å². The number of hydrogen-bond donors (Lipinski definition) is 2. The molecule has 1 atom stereocenters. The van der Waals surface area contributed by atoms with Crippen molar-refractivity contribution in [3.63, 3.8) is 0 Å². The number of fused-ring (bicyclic) bond motifs is 1. The highest BCUT2D eigenvalue weighted by atomic mass is 127. The molecule has 0 aromatic heterocycles. The molecule has 0 bridgehead atoms. The number of amides is 2. The molecule has 0 radical (unpaired) electrons. The third-order valence-electron chi connectivity index (χ3n) is 3.21. The molecule has 1 aliphatic heterocycles. The number of carbonyl (C=O) groups is 2. The summed E-state index contributed by atoms with van der Waals surface area (Å²) < 4.78 is 1.11. The Morgan fingerprint density at radius 1 is 1.18 bits per heavy atom. The van der Waals surface area contributed by atoms with Crippen LogP contribution < -0.4 is 10.6 Å². The normalized spacial score (nSPS) is 16.6. The van der Waals surface area contributed by atoms with E-state index < -0.39 is 5.25 Å². The summed E-state index contributed by atoms with van der Waals surface area (Å²) in [5.41, 5.74) is 1.55. The molecule has 1 heterocycles. The van der Waals surface area contributed by atoms with Crippen LogP contribution in [-0.2, 0) is 9.59 Å². The van der Waals surface area contributed by atoms with Gasteiger partial charge >= 0.3 is 0 Å². The summed E-state index contributed by atoms with van der Waals surface area (Å²) in [6, 6.07) is 15.2. The predicted octanol–water partition coefficient (Wildman–Crippen LogP) is 3.73. The number of halogens is 1. The number of nitrogens with one attached hydrogen (secondary N) is 2. The largest absolute Gasteiger partial charge is 0.326 e. The summed E-state index contributed by atoms with van der Waals surface area (Å²) in [6.07, 6.45) is 0.150. The number of rotatable bonds is 3. The molecule has 0 unspecified atom stereocenters. The quantitative estimate of drug-likeness (QED) is 0.739. The van der Waals surface area contributed by atoms with Gasteiger partial charge in [0, 0.05) is 20.6 Å². The lowest BCUT2D eigenvalue weighted by molar-refractivity contribution is -0.120. The Hall–Kier alpha value is -1.54. The van der Waals surface area contributed by atoms with E-state index in [9.17, 15) is 9.59 Å². The van der Waals surface area contributed by atoms with Crippen molar-refractivity contribution < 1.29 is 9.59 Å². The lowest BCUT2D eigenvalue weighted by Gasteiger charge is -2.23. The van der Waals surface area contributed by atoms with Crippen molar-refractivity contribution in [1.29, 1.82) is 0 Å². The van der Waals surface area contributed by atoms with E-state index in [1.807, 2.05) is 48.5 Å². The maximum atomic E-state index is 12.1. The van der Waals surface area contributed by atoms with Crippen LogP contribution in [0.5, 0.6) is 0 Å². The molecule has 22 heavy (non-hydrogen) atoms. The Morgan fingerprint density at radius 2 is 1.91 bits per heavy atom. The highest BCUT2D eigenvalue weighted by Crippen LogP contribution is 2.36. The Kier molecular flexibility index (Phi) is 4.68. The second-order valence-electron chi connectivity index (χ2n) is 4.85. The van der Waals surface area contributed by atoms with E-state index in [1.54, 1.807) is 0 Å². The minimum Gasteiger partial charge on any atom is -0.326 e. The molecule has 0 saturated carbocycles. The average Bonchev–Trinajstić information content (AvgIpc) is 2.50. The minimum atomic E-state index is -0.404. The second-order valence-corrected chi connectivity index (χ2v) is 7.34. The fourth-order valence-corrected chi connectivity index (χ4v) is 3.61. The SMILES string of the molecule is O=C(C[C@H]1Sc2ccccc2NC1=O)Nc1ccc(I)cc1. The first kappa shape index (κ1) is 15.4. The average molecular weight is 424 g/mol. The smallest absolute Gasteiger partial charge is 0.238 e. The standard InChI is InChI=1S/C16H13IN2O2S/c17-10-5-7-11(8-6-10)18-15(20)9-14-16(21)19-12-3-1-2-4-13(12)22-14/h1-8,14H,9H2,(H,18,20)(H,19,21)/t14-/m1/s1. The van der Waals surface area contributed by atoms with Crippen LogP contribution in [0.15, 0.2) is 53.4 Å². The predicted molar refractivity (Wildman–Crippen MR) is 97.1 cm³/mol. The van der Waals surface area contributed by atoms with Gasteiger partial charge in [-0.05, 0) is 59.0 Å². The lowest BCUT2D eigenvalue weighted by Crippen LogP contribution is -2.32. The van der Waals surface area contributed by atoms with Crippen LogP contribution in [0.1, 0.15) is 6.42 Å². The summed E-state index contributed by atoms with van der Waals surface area (Å²) in [4.78, 5) is 25.2. The summed E-state index contributed by atoms with van der Waals surface area (Å²) in [6.45, 7) is 0. The molecule has 2 aromatic rings. The third kappa shape index (κ3) is 3.61. The Bertz CT molecular complexity index is 718. The summed E-state index contributed by atoms with van der Waals surface area (Å²) in [5.74, 6) is -0.283. The molecule has 0 aliphatic carbocycles. The van der Waals surface area contributed by atoms with Gasteiger partial charge in [0.1, 0.15) is 0 Å². The van der Waals surface area contributed by atoms with Crippen LogP contribution in [0.2, 0.25) is 0 Å². The van der Waals surface area contributed by atoms with Crippen molar-refractivity contribution in [2.75, 3.05) is 10.6 Å². The summed E-state index contributed by atoms with van der Waals surface area (Å²) in [5, 5.41) is 5.27. The number of hydrogen-bond acceptors (Lipinski definition) is 3. The Labute approximate surface area is 146 Å². The zero-order valence-electron chi connectivity index (χ0n) is 11.5. The van der Waals surface area contributed by atoms with E-state index in [0.29, 0.717) is 0 Å². The van der Waals surface area contributed by atoms with Crippen molar-refractivity contribution in [2.45, 2.75) is 16.6 Å². The molecule has 4 nitrogen and oxygen atoms in total. The van der Waals surface area contributed by atoms with E-state index in [1.165, 1.54) is 11.8 Å². The molecule has 2 N–H and O–H groups in total. The van der Waals surface area contributed by atoms with Gasteiger partial charge in [-0.3, -0.25) is 9.59 Å². The molecule has 3 rings (SSSR count). The highest BCUT2D eigenvalue weighted by molar-refractivity contribution is 14.1. The number of benzene rings is 2. The fraction of sp³-hybridized carbons (Fsp3) is 0.125. The molecular weight excluding hydrogens is 411 g/mol. The summed E-state index contributed by atoms with van der Waals surface area (Å²) in [7, 11) is 0. The van der Waals surface area contributed by atoms with E-state index >= 15 is 0 Å². The van der Waals surface area contributed by atoms with Gasteiger partial charge < -0.3 is 10.6 Å². The first-order valence-electron chi connectivity index (χ1n) is 6.74. The third-order valence-corrected chi connectivity index (χ3v) is 5.20. The first-order valence-corrected chi connectivity index (χ1v) is 8.69. The first-order chi connectivity index (χ1) is 10.6. The van der Waals surface area contributed by atoms with Crippen LogP contribution in [0, 0.1) is 3.57 Å². The molecule has 2 amide bonds. The van der Waals surface area contributed by atoms with Crippen molar-refractivity contribution in [1.82, 2.24) is 0 Å². The molecule has 0 saturated heterocycles. The molecular formula is C16H13IN2O2S. The fourth-order valence-electron chi connectivity index (χ4n) is 2.14. The summed E-state index contributed by atoms with van der Waals surface area (Å²) >= 11 is 3.64. The van der Waals surface area contributed by atoms with Crippen LogP contribution >= 0.6 is 34.4 Å². The van der Waals surface area contributed by atoms with Crippen molar-refractivity contribution in [3.05, 3.63) is 52.1 Å². The molecule has 1 aliphatic rings. The number of para-hydroxylation sites is 1. The lowest BCUT2D eigenvalue weighted by atomic mass is 10.2. The van der Waals surface area contributed by atoms with E-state index in [0.717, 1.165) is 19.8 Å². The molecule has 0 fully saturated rings. The van der Waals surface area contributed by atoms with Crippen LogP contribution in [0.3, 0.4) is 0 Å². The van der Waals surface area contributed by atoms with E-state index in [4.69, 9.17) is 0 Å². The van der Waals surface area contributed by atoms with Crippen LogP contribution in [0.25, 0.3) is 0 Å². The number of anilines is 2. The number of carbonyl (C=O) groups excluding carboxylic acids is 2. The Balaban J connectivity index is 1.64. The van der Waals surface area contributed by atoms with Gasteiger partial charge in [0.05, 0.1) is 10.9 Å². The van der Waals surface area contributed by atoms with Crippen LogP contribution in [-0.4, -0.2) is 17.1 Å². The van der Waals surface area contributed by atoms with Crippen molar-refractivity contribution in [2.24, 2.45) is 0 Å². The molecule has 6 heteroatoms. The number of thioether (sulfide) groups is 1. The minimum absolute atomic E-state index is 0.124. The topological polar surface area (TPSA) is 58.2 Å².